The van der Waals surface area contributed by atoms with Gasteiger partial charge in [0.1, 0.15) is 0 Å². The van der Waals surface area contributed by atoms with Crippen molar-refractivity contribution in [3.8, 4) is 0 Å². The fraction of sp³-hybridized carbons (Fsp3) is 0.667. The van der Waals surface area contributed by atoms with Gasteiger partial charge in [-0.05, 0) is 48.6 Å². The van der Waals surface area contributed by atoms with Crippen molar-refractivity contribution in [1.29, 1.82) is 0 Å². The molecule has 25 heavy (non-hydrogen) atoms. The van der Waals surface area contributed by atoms with Crippen LogP contribution in [0.15, 0.2) is 36.9 Å². The van der Waals surface area contributed by atoms with E-state index in [1.807, 2.05) is 6.08 Å². The summed E-state index contributed by atoms with van der Waals surface area (Å²) in [6, 6.07) is 9.40. The van der Waals surface area contributed by atoms with Gasteiger partial charge in [0.15, 0.2) is 0 Å². The maximum Gasteiger partial charge on any atom is 0.0753 e. The van der Waals surface area contributed by atoms with E-state index in [4.69, 9.17) is 4.74 Å². The van der Waals surface area contributed by atoms with Crippen molar-refractivity contribution in [1.82, 2.24) is 0 Å². The zero-order valence-electron chi connectivity index (χ0n) is 16.1. The van der Waals surface area contributed by atoms with E-state index in [9.17, 15) is 0 Å². The zero-order chi connectivity index (χ0) is 17.5. The minimum atomic E-state index is 0.267. The molecule has 0 spiro atoms. The minimum absolute atomic E-state index is 0.267. The molecule has 2 fully saturated rings. The van der Waals surface area contributed by atoms with Gasteiger partial charge >= 0.3 is 0 Å². The van der Waals surface area contributed by atoms with Crippen LogP contribution in [0.5, 0.6) is 0 Å². The van der Waals surface area contributed by atoms with Gasteiger partial charge in [-0.15, -0.1) is 6.58 Å². The molecule has 1 nitrogen and oxygen atoms in total. The molecule has 1 heteroatoms. The summed E-state index contributed by atoms with van der Waals surface area (Å²) in [6.07, 6.45) is 15.9. The van der Waals surface area contributed by atoms with E-state index in [0.717, 1.165) is 24.9 Å². The second-order valence-corrected chi connectivity index (χ2v) is 8.34. The van der Waals surface area contributed by atoms with Crippen LogP contribution in [0.3, 0.4) is 0 Å². The van der Waals surface area contributed by atoms with Crippen LogP contribution in [0.4, 0.5) is 0 Å². The standard InChI is InChI=1S/C24H36O/c1-3-5-19-6-8-20(9-7-19)10-11-21-12-14-22(15-13-21)23-16-17-24(4-2)25-18-23/h4,12-15,19-20,23-24H,2-3,5-11,16-18H2,1H3. The molecule has 1 aromatic rings. The molecule has 2 unspecified atom stereocenters. The molecule has 3 rings (SSSR count). The largest absolute Gasteiger partial charge is 0.374 e. The molecule has 1 saturated carbocycles. The van der Waals surface area contributed by atoms with Crippen LogP contribution >= 0.6 is 0 Å². The maximum atomic E-state index is 5.86. The minimum Gasteiger partial charge on any atom is -0.374 e. The molecule has 1 heterocycles. The van der Waals surface area contributed by atoms with Gasteiger partial charge in [0.2, 0.25) is 0 Å². The number of hydrogen-bond donors (Lipinski definition) is 0. The number of hydrogen-bond acceptors (Lipinski definition) is 1. The van der Waals surface area contributed by atoms with Crippen LogP contribution in [0, 0.1) is 11.8 Å². The van der Waals surface area contributed by atoms with Crippen molar-refractivity contribution in [2.24, 2.45) is 11.8 Å². The van der Waals surface area contributed by atoms with Crippen LogP contribution in [-0.2, 0) is 11.2 Å². The van der Waals surface area contributed by atoms with Gasteiger partial charge in [-0.2, -0.15) is 0 Å². The van der Waals surface area contributed by atoms with Crippen molar-refractivity contribution < 1.29 is 4.74 Å². The van der Waals surface area contributed by atoms with Crippen molar-refractivity contribution in [2.45, 2.75) is 83.2 Å². The molecule has 2 aliphatic rings. The third-order valence-electron chi connectivity index (χ3n) is 6.53. The van der Waals surface area contributed by atoms with E-state index in [1.165, 1.54) is 68.9 Å². The third-order valence-corrected chi connectivity index (χ3v) is 6.53. The summed E-state index contributed by atoms with van der Waals surface area (Å²) < 4.78 is 5.86. The third kappa shape index (κ3) is 5.45. The Labute approximate surface area is 154 Å². The summed E-state index contributed by atoms with van der Waals surface area (Å²) in [6.45, 7) is 7.01. The lowest BCUT2D eigenvalue weighted by molar-refractivity contribution is 0.0329. The fourth-order valence-corrected chi connectivity index (χ4v) is 4.76. The van der Waals surface area contributed by atoms with Gasteiger partial charge in [-0.1, -0.05) is 75.8 Å². The van der Waals surface area contributed by atoms with Crippen molar-refractivity contribution >= 4 is 0 Å². The number of ether oxygens (including phenoxy) is 1. The Bertz CT molecular complexity index is 501. The van der Waals surface area contributed by atoms with Crippen LogP contribution in [0.1, 0.15) is 81.8 Å². The van der Waals surface area contributed by atoms with Crippen molar-refractivity contribution in [3.63, 3.8) is 0 Å². The molecule has 0 bridgehead atoms. The molecule has 0 radical (unpaired) electrons. The highest BCUT2D eigenvalue weighted by Crippen LogP contribution is 2.34. The lowest BCUT2D eigenvalue weighted by Gasteiger charge is -2.28. The van der Waals surface area contributed by atoms with Gasteiger partial charge in [0.05, 0.1) is 12.7 Å². The molecule has 2 atom stereocenters. The Hall–Kier alpha value is -1.08. The van der Waals surface area contributed by atoms with Gasteiger partial charge in [-0.3, -0.25) is 0 Å². The monoisotopic (exact) mass is 340 g/mol. The summed E-state index contributed by atoms with van der Waals surface area (Å²) in [4.78, 5) is 0. The molecule has 0 aromatic heterocycles. The molecular formula is C24H36O. The molecule has 1 aliphatic carbocycles. The molecule has 1 saturated heterocycles. The summed E-state index contributed by atoms with van der Waals surface area (Å²) in [5.74, 6) is 2.56. The lowest BCUT2D eigenvalue weighted by Crippen LogP contribution is -2.22. The molecule has 0 amide bonds. The highest BCUT2D eigenvalue weighted by Gasteiger charge is 2.22. The number of aryl methyl sites for hydroxylation is 1. The predicted molar refractivity (Wildman–Crippen MR) is 107 cm³/mol. The first-order chi connectivity index (χ1) is 12.3. The fourth-order valence-electron chi connectivity index (χ4n) is 4.76. The van der Waals surface area contributed by atoms with Gasteiger partial charge in [-0.25, -0.2) is 0 Å². The second-order valence-electron chi connectivity index (χ2n) is 8.34. The molecule has 0 N–H and O–H groups in total. The van der Waals surface area contributed by atoms with Crippen LogP contribution in [0.2, 0.25) is 0 Å². The average Bonchev–Trinajstić information content (AvgIpc) is 2.68. The van der Waals surface area contributed by atoms with Gasteiger partial charge < -0.3 is 4.74 Å². The van der Waals surface area contributed by atoms with Crippen LogP contribution in [0.25, 0.3) is 0 Å². The Morgan fingerprint density at radius 3 is 2.20 bits per heavy atom. The molecule has 1 aromatic carbocycles. The highest BCUT2D eigenvalue weighted by molar-refractivity contribution is 5.26. The number of rotatable bonds is 7. The predicted octanol–water partition coefficient (Wildman–Crippen LogP) is 6.67. The molecule has 138 valence electrons. The SMILES string of the molecule is C=CC1CCC(c2ccc(CCC3CCC(CCC)CC3)cc2)CO1. The van der Waals surface area contributed by atoms with Crippen molar-refractivity contribution in [2.75, 3.05) is 6.61 Å². The summed E-state index contributed by atoms with van der Waals surface area (Å²) >= 11 is 0. The Kier molecular flexibility index (Phi) is 7.16. The first kappa shape index (κ1) is 18.7. The Morgan fingerprint density at radius 1 is 0.960 bits per heavy atom. The molecule has 1 aliphatic heterocycles. The van der Waals surface area contributed by atoms with Crippen LogP contribution in [-0.4, -0.2) is 12.7 Å². The van der Waals surface area contributed by atoms with E-state index in [1.54, 1.807) is 0 Å². The van der Waals surface area contributed by atoms with Gasteiger partial charge in [0.25, 0.3) is 0 Å². The van der Waals surface area contributed by atoms with E-state index >= 15 is 0 Å². The van der Waals surface area contributed by atoms with Crippen LogP contribution < -0.4 is 0 Å². The zero-order valence-corrected chi connectivity index (χ0v) is 16.1. The first-order valence-electron chi connectivity index (χ1n) is 10.6. The normalized spacial score (nSPS) is 30.1. The number of benzene rings is 1. The van der Waals surface area contributed by atoms with E-state index in [0.29, 0.717) is 5.92 Å². The Balaban J connectivity index is 1.42. The quantitative estimate of drug-likeness (QED) is 0.503. The summed E-state index contributed by atoms with van der Waals surface area (Å²) in [5, 5.41) is 0. The summed E-state index contributed by atoms with van der Waals surface area (Å²) in [5.41, 5.74) is 2.96. The van der Waals surface area contributed by atoms with Gasteiger partial charge in [0, 0.05) is 5.92 Å². The summed E-state index contributed by atoms with van der Waals surface area (Å²) in [7, 11) is 0. The Morgan fingerprint density at radius 2 is 1.64 bits per heavy atom. The first-order valence-corrected chi connectivity index (χ1v) is 10.6. The topological polar surface area (TPSA) is 9.23 Å². The second kappa shape index (κ2) is 9.57. The smallest absolute Gasteiger partial charge is 0.0753 e. The van der Waals surface area contributed by atoms with E-state index < -0.39 is 0 Å². The molecular weight excluding hydrogens is 304 g/mol. The average molecular weight is 341 g/mol. The van der Waals surface area contributed by atoms with E-state index in [-0.39, 0.29) is 6.10 Å². The highest BCUT2D eigenvalue weighted by atomic mass is 16.5. The van der Waals surface area contributed by atoms with Crippen molar-refractivity contribution in [3.05, 3.63) is 48.0 Å². The van der Waals surface area contributed by atoms with E-state index in [2.05, 4.69) is 37.8 Å². The lowest BCUT2D eigenvalue weighted by atomic mass is 9.78. The maximum absolute atomic E-state index is 5.86.